The number of ether oxygens (including phenoxy) is 1. The van der Waals surface area contributed by atoms with Gasteiger partial charge in [-0.2, -0.15) is 12.6 Å². The fourth-order valence-electron chi connectivity index (χ4n) is 0.994. The first-order valence-corrected chi connectivity index (χ1v) is 5.01. The number of aryl methyl sites for hydroxylation is 1. The minimum atomic E-state index is -0.792. The van der Waals surface area contributed by atoms with Crippen LogP contribution in [0.4, 0.5) is 0 Å². The van der Waals surface area contributed by atoms with E-state index in [2.05, 4.69) is 22.3 Å². The van der Waals surface area contributed by atoms with E-state index in [-0.39, 0.29) is 11.6 Å². The van der Waals surface area contributed by atoms with Crippen molar-refractivity contribution >= 4 is 18.6 Å². The number of methoxy groups -OCH3 is 1. The number of nitrogens with two attached hydrogens (primary N) is 1. The van der Waals surface area contributed by atoms with Crippen molar-refractivity contribution in [3.05, 3.63) is 17.3 Å². The van der Waals surface area contributed by atoms with Crippen LogP contribution in [-0.4, -0.2) is 23.8 Å². The van der Waals surface area contributed by atoms with Crippen molar-refractivity contribution in [1.29, 1.82) is 0 Å². The van der Waals surface area contributed by atoms with Crippen molar-refractivity contribution < 1.29 is 13.9 Å². The summed E-state index contributed by atoms with van der Waals surface area (Å²) in [4.78, 5) is 15.3. The van der Waals surface area contributed by atoms with E-state index in [1.165, 1.54) is 7.11 Å². The van der Waals surface area contributed by atoms with Gasteiger partial charge in [-0.15, -0.1) is 0 Å². The van der Waals surface area contributed by atoms with Crippen molar-refractivity contribution in [2.24, 2.45) is 5.73 Å². The molecule has 1 rings (SSSR count). The highest BCUT2D eigenvalue weighted by Gasteiger charge is 2.28. The van der Waals surface area contributed by atoms with Crippen molar-refractivity contribution in [2.45, 2.75) is 19.4 Å². The molecule has 2 N–H and O–H groups in total. The van der Waals surface area contributed by atoms with E-state index >= 15 is 0 Å². The number of carbonyl (C=O) groups is 1. The molecule has 84 valence electrons. The van der Waals surface area contributed by atoms with Gasteiger partial charge in [0.25, 0.3) is 0 Å². The molecule has 0 aliphatic carbocycles. The third-order valence-corrected chi connectivity index (χ3v) is 2.65. The number of thiol groups is 1. The van der Waals surface area contributed by atoms with Gasteiger partial charge in [-0.3, -0.25) is 0 Å². The maximum atomic E-state index is 11.3. The molecule has 0 aliphatic rings. The van der Waals surface area contributed by atoms with Crippen LogP contribution in [0, 0.1) is 6.92 Å². The minimum absolute atomic E-state index is 0.158. The molecule has 0 amide bonds. The smallest absolute Gasteiger partial charge is 0.360 e. The number of aromatic nitrogens is 1. The highest BCUT2D eigenvalue weighted by atomic mass is 32.1. The zero-order valence-corrected chi connectivity index (χ0v) is 9.80. The lowest BCUT2D eigenvalue weighted by Gasteiger charge is -2.16. The second kappa shape index (κ2) is 4.24. The van der Waals surface area contributed by atoms with Crippen LogP contribution >= 0.6 is 12.6 Å². The zero-order chi connectivity index (χ0) is 11.6. The molecule has 1 aromatic rings. The molecule has 0 saturated heterocycles. The van der Waals surface area contributed by atoms with E-state index in [1.807, 2.05) is 0 Å². The number of nitrogens with zero attached hydrogens (tertiary/aromatic N) is 1. The number of oxazole rings is 1. The Morgan fingerprint density at radius 2 is 2.33 bits per heavy atom. The predicted octanol–water partition coefficient (Wildman–Crippen LogP) is 0.873. The molecule has 0 bridgehead atoms. The Morgan fingerprint density at radius 1 is 1.73 bits per heavy atom. The van der Waals surface area contributed by atoms with Crippen LogP contribution in [-0.2, 0) is 10.3 Å². The van der Waals surface area contributed by atoms with Crippen LogP contribution < -0.4 is 5.73 Å². The summed E-state index contributed by atoms with van der Waals surface area (Å²) in [6.45, 7) is 3.36. The maximum Gasteiger partial charge on any atom is 0.360 e. The van der Waals surface area contributed by atoms with Crippen LogP contribution in [0.1, 0.15) is 29.1 Å². The molecule has 1 aromatic heterocycles. The van der Waals surface area contributed by atoms with E-state index in [0.29, 0.717) is 11.5 Å². The third-order valence-electron chi connectivity index (χ3n) is 1.99. The summed E-state index contributed by atoms with van der Waals surface area (Å²) in [5, 5.41) is 0. The molecule has 1 atom stereocenters. The highest BCUT2D eigenvalue weighted by Crippen LogP contribution is 2.21. The maximum absolute atomic E-state index is 11.3. The molecular weight excluding hydrogens is 216 g/mol. The van der Waals surface area contributed by atoms with Gasteiger partial charge in [0.15, 0.2) is 5.69 Å². The summed E-state index contributed by atoms with van der Waals surface area (Å²) >= 11 is 4.09. The summed E-state index contributed by atoms with van der Waals surface area (Å²) in [7, 11) is 1.29. The van der Waals surface area contributed by atoms with E-state index in [4.69, 9.17) is 10.2 Å². The number of carbonyl (C=O) groups excluding carboxylic acids is 1. The van der Waals surface area contributed by atoms with Gasteiger partial charge in [-0.05, 0) is 13.8 Å². The molecule has 15 heavy (non-hydrogen) atoms. The average Bonchev–Trinajstić information content (AvgIpc) is 2.60. The van der Waals surface area contributed by atoms with Crippen LogP contribution in [0.3, 0.4) is 0 Å². The van der Waals surface area contributed by atoms with Crippen molar-refractivity contribution in [2.75, 3.05) is 12.9 Å². The van der Waals surface area contributed by atoms with Crippen LogP contribution in [0.25, 0.3) is 0 Å². The second-order valence-electron chi connectivity index (χ2n) is 3.49. The Morgan fingerprint density at radius 3 is 2.80 bits per heavy atom. The van der Waals surface area contributed by atoms with Gasteiger partial charge < -0.3 is 14.9 Å². The first-order valence-electron chi connectivity index (χ1n) is 4.38. The lowest BCUT2D eigenvalue weighted by atomic mass is 10.1. The van der Waals surface area contributed by atoms with Crippen LogP contribution in [0.2, 0.25) is 0 Å². The minimum Gasteiger partial charge on any atom is -0.464 e. The topological polar surface area (TPSA) is 78.3 Å². The molecule has 0 aliphatic heterocycles. The van der Waals surface area contributed by atoms with E-state index < -0.39 is 11.5 Å². The number of hydrogen-bond donors (Lipinski definition) is 2. The summed E-state index contributed by atoms with van der Waals surface area (Å²) in [6.07, 6.45) is 0. The Labute approximate surface area is 93.4 Å². The zero-order valence-electron chi connectivity index (χ0n) is 8.90. The van der Waals surface area contributed by atoms with Gasteiger partial charge in [0.1, 0.15) is 5.76 Å². The second-order valence-corrected chi connectivity index (χ2v) is 3.81. The largest absolute Gasteiger partial charge is 0.464 e. The standard InChI is InChI=1S/C9H14N2O3S/c1-5-6(7(12)13-3)11-8(14-5)9(2,10)4-15/h15H,4,10H2,1-3H3/t9-/m0/s1. The van der Waals surface area contributed by atoms with Gasteiger partial charge >= 0.3 is 5.97 Å². The Balaban J connectivity index is 3.11. The summed E-state index contributed by atoms with van der Waals surface area (Å²) in [5.74, 6) is 0.524. The fraction of sp³-hybridized carbons (Fsp3) is 0.556. The van der Waals surface area contributed by atoms with E-state index in [9.17, 15) is 4.79 Å². The summed E-state index contributed by atoms with van der Waals surface area (Å²) in [6, 6.07) is 0. The van der Waals surface area contributed by atoms with Gasteiger partial charge in [0, 0.05) is 5.75 Å². The number of esters is 1. The van der Waals surface area contributed by atoms with Gasteiger partial charge in [-0.25, -0.2) is 9.78 Å². The van der Waals surface area contributed by atoms with Crippen LogP contribution in [0.5, 0.6) is 0 Å². The SMILES string of the molecule is COC(=O)c1nc([C@@](C)(N)CS)oc1C. The lowest BCUT2D eigenvalue weighted by Crippen LogP contribution is -2.35. The molecule has 0 spiro atoms. The highest BCUT2D eigenvalue weighted by molar-refractivity contribution is 7.80. The van der Waals surface area contributed by atoms with Crippen molar-refractivity contribution in [1.82, 2.24) is 4.98 Å². The molecule has 0 radical (unpaired) electrons. The molecule has 6 heteroatoms. The molecule has 1 heterocycles. The van der Waals surface area contributed by atoms with Gasteiger partial charge in [0.05, 0.1) is 12.6 Å². The first-order chi connectivity index (χ1) is 6.92. The third kappa shape index (κ3) is 2.32. The quantitative estimate of drug-likeness (QED) is 0.595. The molecule has 0 saturated carbocycles. The van der Waals surface area contributed by atoms with E-state index in [0.717, 1.165) is 0 Å². The Bertz CT molecular complexity index is 373. The average molecular weight is 230 g/mol. The fourth-order valence-corrected chi connectivity index (χ4v) is 1.13. The first kappa shape index (κ1) is 12.1. The Hall–Kier alpha value is -1.01. The van der Waals surface area contributed by atoms with Gasteiger partial charge in [-0.1, -0.05) is 0 Å². The summed E-state index contributed by atoms with van der Waals surface area (Å²) < 4.78 is 9.86. The normalized spacial score (nSPS) is 14.7. The molecule has 0 unspecified atom stereocenters. The lowest BCUT2D eigenvalue weighted by molar-refractivity contribution is 0.0593. The molecule has 5 nitrogen and oxygen atoms in total. The van der Waals surface area contributed by atoms with Crippen molar-refractivity contribution in [3.8, 4) is 0 Å². The van der Waals surface area contributed by atoms with Crippen molar-refractivity contribution in [3.63, 3.8) is 0 Å². The number of rotatable bonds is 3. The number of hydrogen-bond acceptors (Lipinski definition) is 6. The summed E-state index contributed by atoms with van der Waals surface area (Å²) in [5.41, 5.74) is 5.24. The molecular formula is C9H14N2O3S. The molecule has 0 aromatic carbocycles. The van der Waals surface area contributed by atoms with Crippen LogP contribution in [0.15, 0.2) is 4.42 Å². The van der Waals surface area contributed by atoms with E-state index in [1.54, 1.807) is 13.8 Å². The van der Waals surface area contributed by atoms with Gasteiger partial charge in [0.2, 0.25) is 5.89 Å². The monoisotopic (exact) mass is 230 g/mol. The molecule has 0 fully saturated rings. The predicted molar refractivity (Wildman–Crippen MR) is 58.0 cm³/mol. The Kier molecular flexibility index (Phi) is 3.41.